The quantitative estimate of drug-likeness (QED) is 0.664. The van der Waals surface area contributed by atoms with Crippen LogP contribution in [-0.4, -0.2) is 10.9 Å². The molecule has 0 saturated heterocycles. The summed E-state index contributed by atoms with van der Waals surface area (Å²) >= 11 is 0. The van der Waals surface area contributed by atoms with E-state index in [0.29, 0.717) is 12.1 Å². The second-order valence-electron chi connectivity index (χ2n) is 4.58. The topological polar surface area (TPSA) is 42.0 Å². The minimum Gasteiger partial charge on any atom is -0.322 e. The maximum atomic E-state index is 13.4. The molecule has 0 fully saturated rings. The predicted octanol–water partition coefficient (Wildman–Crippen LogP) is 4.08. The molecule has 0 aliphatic heterocycles. The highest BCUT2D eigenvalue weighted by Gasteiger charge is 2.32. The van der Waals surface area contributed by atoms with Crippen molar-refractivity contribution in [3.05, 3.63) is 58.7 Å². The summed E-state index contributed by atoms with van der Waals surface area (Å²) in [6.45, 7) is 1.22. The lowest BCUT2D eigenvalue weighted by Gasteiger charge is -2.13. The van der Waals surface area contributed by atoms with Crippen LogP contribution in [0.3, 0.4) is 0 Å². The second kappa shape index (κ2) is 5.90. The molecule has 2 rings (SSSR count). The summed E-state index contributed by atoms with van der Waals surface area (Å²) in [4.78, 5) is 14.3. The molecule has 122 valence electrons. The van der Waals surface area contributed by atoms with Crippen molar-refractivity contribution >= 4 is 11.6 Å². The molecular formula is C14H8F6N2O. The molecule has 23 heavy (non-hydrogen) atoms. The summed E-state index contributed by atoms with van der Waals surface area (Å²) in [5.41, 5.74) is -2.39. The van der Waals surface area contributed by atoms with Gasteiger partial charge in [0.25, 0.3) is 11.9 Å². The minimum atomic E-state index is -4.65. The fourth-order valence-electron chi connectivity index (χ4n) is 1.84. The predicted molar refractivity (Wildman–Crippen MR) is 68.2 cm³/mol. The molecular weight excluding hydrogens is 326 g/mol. The zero-order valence-electron chi connectivity index (χ0n) is 11.4. The summed E-state index contributed by atoms with van der Waals surface area (Å²) < 4.78 is 77.7. The minimum absolute atomic E-state index is 0.0809. The molecule has 1 aromatic heterocycles. The molecule has 2 aromatic rings. The van der Waals surface area contributed by atoms with E-state index in [1.165, 1.54) is 6.92 Å². The van der Waals surface area contributed by atoms with Crippen LogP contribution in [0.1, 0.15) is 21.5 Å². The van der Waals surface area contributed by atoms with Crippen LogP contribution in [0, 0.1) is 24.6 Å². The number of alkyl halides is 3. The van der Waals surface area contributed by atoms with Crippen LogP contribution in [0.15, 0.2) is 24.3 Å². The Hall–Kier alpha value is -2.58. The maximum absolute atomic E-state index is 13.4. The summed E-state index contributed by atoms with van der Waals surface area (Å²) in [5, 5.41) is 1.95. The Morgan fingerprint density at radius 1 is 1.13 bits per heavy atom. The zero-order valence-corrected chi connectivity index (χ0v) is 11.4. The van der Waals surface area contributed by atoms with Crippen LogP contribution >= 0.6 is 0 Å². The Labute approximate surface area is 126 Å². The van der Waals surface area contributed by atoms with Crippen molar-refractivity contribution in [3.8, 4) is 0 Å². The number of aryl methyl sites for hydroxylation is 1. The Bertz CT molecular complexity index is 773. The average Bonchev–Trinajstić information content (AvgIpc) is 2.43. The zero-order chi connectivity index (χ0) is 17.4. The number of halogens is 6. The number of benzene rings is 1. The number of hydrogen-bond acceptors (Lipinski definition) is 2. The Morgan fingerprint density at radius 3 is 2.39 bits per heavy atom. The third-order valence-corrected chi connectivity index (χ3v) is 2.93. The van der Waals surface area contributed by atoms with Gasteiger partial charge in [-0.05, 0) is 24.6 Å². The lowest BCUT2D eigenvalue weighted by Crippen LogP contribution is -2.17. The van der Waals surface area contributed by atoms with Crippen LogP contribution in [0.5, 0.6) is 0 Å². The van der Waals surface area contributed by atoms with E-state index in [1.54, 1.807) is 0 Å². The Balaban J connectivity index is 2.35. The molecule has 3 nitrogen and oxygen atoms in total. The van der Waals surface area contributed by atoms with Crippen LogP contribution < -0.4 is 5.32 Å². The standard InChI is InChI=1S/C14H8F6N2O/c1-6-2-3-7(4-9(6)14(18,19)20)21-13(23)8-5-10(15)22-12(17)11(8)16/h2-5H,1H3,(H,21,23). The number of nitrogens with one attached hydrogen (secondary N) is 1. The van der Waals surface area contributed by atoms with E-state index in [9.17, 15) is 31.1 Å². The van der Waals surface area contributed by atoms with E-state index in [2.05, 4.69) is 4.98 Å². The first-order valence-corrected chi connectivity index (χ1v) is 6.10. The molecule has 0 saturated carbocycles. The number of rotatable bonds is 2. The van der Waals surface area contributed by atoms with Gasteiger partial charge in [0.2, 0.25) is 5.95 Å². The van der Waals surface area contributed by atoms with Gasteiger partial charge in [-0.15, -0.1) is 0 Å². The molecule has 9 heteroatoms. The number of carbonyl (C=O) groups is 1. The van der Waals surface area contributed by atoms with Crippen molar-refractivity contribution in [1.29, 1.82) is 0 Å². The summed E-state index contributed by atoms with van der Waals surface area (Å²) in [5.74, 6) is -6.27. The molecule has 1 amide bonds. The first kappa shape index (κ1) is 16.8. The number of nitrogens with zero attached hydrogens (tertiary/aromatic N) is 1. The molecule has 1 N–H and O–H groups in total. The van der Waals surface area contributed by atoms with Gasteiger partial charge >= 0.3 is 6.18 Å². The van der Waals surface area contributed by atoms with E-state index >= 15 is 0 Å². The molecule has 0 spiro atoms. The normalized spacial score (nSPS) is 11.4. The Morgan fingerprint density at radius 2 is 1.78 bits per heavy atom. The van der Waals surface area contributed by atoms with Gasteiger partial charge in [-0.3, -0.25) is 4.79 Å². The molecule has 1 heterocycles. The molecule has 0 aliphatic rings. The highest BCUT2D eigenvalue weighted by molar-refractivity contribution is 6.04. The van der Waals surface area contributed by atoms with E-state index in [0.717, 1.165) is 12.1 Å². The van der Waals surface area contributed by atoms with Crippen LogP contribution in [0.2, 0.25) is 0 Å². The number of carbonyl (C=O) groups excluding carboxylic acids is 1. The molecule has 1 aromatic carbocycles. The first-order valence-electron chi connectivity index (χ1n) is 6.10. The molecule has 0 unspecified atom stereocenters. The van der Waals surface area contributed by atoms with Gasteiger partial charge in [-0.2, -0.15) is 26.9 Å². The van der Waals surface area contributed by atoms with Gasteiger partial charge in [-0.1, -0.05) is 6.07 Å². The van der Waals surface area contributed by atoms with E-state index in [1.807, 2.05) is 5.32 Å². The van der Waals surface area contributed by atoms with Gasteiger partial charge in [0.1, 0.15) is 0 Å². The highest BCUT2D eigenvalue weighted by Crippen LogP contribution is 2.33. The first-order chi connectivity index (χ1) is 10.6. The second-order valence-corrected chi connectivity index (χ2v) is 4.58. The van der Waals surface area contributed by atoms with Crippen molar-refractivity contribution in [2.24, 2.45) is 0 Å². The fourth-order valence-corrected chi connectivity index (χ4v) is 1.84. The molecule has 0 bridgehead atoms. The number of hydrogen-bond donors (Lipinski definition) is 1. The van der Waals surface area contributed by atoms with Gasteiger partial charge in [0.15, 0.2) is 5.82 Å². The number of anilines is 1. The smallest absolute Gasteiger partial charge is 0.322 e. The fraction of sp³-hybridized carbons (Fsp3) is 0.143. The average molecular weight is 334 g/mol. The van der Waals surface area contributed by atoms with E-state index in [4.69, 9.17) is 0 Å². The number of amides is 1. The van der Waals surface area contributed by atoms with Gasteiger partial charge in [0, 0.05) is 11.8 Å². The Kier molecular flexibility index (Phi) is 4.31. The summed E-state index contributed by atoms with van der Waals surface area (Å²) in [6.07, 6.45) is -4.65. The van der Waals surface area contributed by atoms with Crippen molar-refractivity contribution in [2.75, 3.05) is 5.32 Å². The largest absolute Gasteiger partial charge is 0.416 e. The highest BCUT2D eigenvalue weighted by atomic mass is 19.4. The van der Waals surface area contributed by atoms with Crippen molar-refractivity contribution in [2.45, 2.75) is 13.1 Å². The molecule has 0 radical (unpaired) electrons. The van der Waals surface area contributed by atoms with E-state index in [-0.39, 0.29) is 11.3 Å². The lowest BCUT2D eigenvalue weighted by molar-refractivity contribution is -0.138. The van der Waals surface area contributed by atoms with Crippen molar-refractivity contribution in [1.82, 2.24) is 4.98 Å². The van der Waals surface area contributed by atoms with Crippen LogP contribution in [0.4, 0.5) is 32.0 Å². The SMILES string of the molecule is Cc1ccc(NC(=O)c2cc(F)nc(F)c2F)cc1C(F)(F)F. The third-order valence-electron chi connectivity index (χ3n) is 2.93. The van der Waals surface area contributed by atoms with Crippen LogP contribution in [-0.2, 0) is 6.18 Å². The van der Waals surface area contributed by atoms with Gasteiger partial charge in [0.05, 0.1) is 11.1 Å². The third kappa shape index (κ3) is 3.61. The maximum Gasteiger partial charge on any atom is 0.416 e. The van der Waals surface area contributed by atoms with Crippen LogP contribution in [0.25, 0.3) is 0 Å². The van der Waals surface area contributed by atoms with Gasteiger partial charge < -0.3 is 5.32 Å². The summed E-state index contributed by atoms with van der Waals surface area (Å²) in [7, 11) is 0. The molecule has 0 atom stereocenters. The monoisotopic (exact) mass is 334 g/mol. The van der Waals surface area contributed by atoms with E-state index < -0.39 is 40.9 Å². The summed E-state index contributed by atoms with van der Waals surface area (Å²) in [6, 6.07) is 3.22. The lowest BCUT2D eigenvalue weighted by atomic mass is 10.1. The number of pyridine rings is 1. The number of aromatic nitrogens is 1. The van der Waals surface area contributed by atoms with Crippen molar-refractivity contribution < 1.29 is 31.1 Å². The van der Waals surface area contributed by atoms with Crippen molar-refractivity contribution in [3.63, 3.8) is 0 Å². The van der Waals surface area contributed by atoms with Gasteiger partial charge in [-0.25, -0.2) is 4.39 Å². The molecule has 0 aliphatic carbocycles.